The van der Waals surface area contributed by atoms with Crippen LogP contribution in [0.1, 0.15) is 59.6 Å². The van der Waals surface area contributed by atoms with Crippen molar-refractivity contribution in [2.75, 3.05) is 0 Å². The van der Waals surface area contributed by atoms with Crippen LogP contribution in [0.5, 0.6) is 0 Å². The summed E-state index contributed by atoms with van der Waals surface area (Å²) in [7, 11) is 0. The van der Waals surface area contributed by atoms with Gasteiger partial charge in [-0.2, -0.15) is 0 Å². The molecule has 0 aromatic heterocycles. The molecule has 1 aliphatic rings. The molecule has 0 bridgehead atoms. The fraction of sp³-hybridized carbons (Fsp3) is 0.267. The summed E-state index contributed by atoms with van der Waals surface area (Å²) in [4.78, 5) is 0. The molecule has 0 N–H and O–H groups in total. The van der Waals surface area contributed by atoms with Gasteiger partial charge in [0.15, 0.2) is 0 Å². The van der Waals surface area contributed by atoms with Gasteiger partial charge in [-0.25, -0.2) is 0 Å². The van der Waals surface area contributed by atoms with E-state index in [-0.39, 0.29) is 5.41 Å². The number of rotatable bonds is 5. The van der Waals surface area contributed by atoms with Crippen LogP contribution in [0, 0.1) is 0 Å². The Bertz CT molecular complexity index is 902. The van der Waals surface area contributed by atoms with E-state index in [4.69, 9.17) is 0 Å². The molecule has 0 amide bonds. The van der Waals surface area contributed by atoms with E-state index in [1.807, 2.05) is 45.9 Å². The van der Waals surface area contributed by atoms with E-state index in [0.29, 0.717) is 0 Å². The summed E-state index contributed by atoms with van der Waals surface area (Å²) in [6, 6.07) is 17.5. The molecule has 0 nitrogen and oxygen atoms in total. The van der Waals surface area contributed by atoms with Crippen LogP contribution in [-0.4, -0.2) is 0 Å². The minimum Gasteiger partial charge on any atom is -0.0990 e. The van der Waals surface area contributed by atoms with Crippen molar-refractivity contribution in [1.29, 1.82) is 0 Å². The van der Waals surface area contributed by atoms with Gasteiger partial charge in [-0.05, 0) is 59.7 Å². The van der Waals surface area contributed by atoms with Crippen LogP contribution in [-0.2, 0) is 5.41 Å². The van der Waals surface area contributed by atoms with Crippen molar-refractivity contribution in [3.8, 4) is 11.1 Å². The molecule has 0 atom stereocenters. The Kier molecular flexibility index (Phi) is 10.1. The second-order valence-corrected chi connectivity index (χ2v) is 6.68. The SMILES string of the molecule is C=C/C=C(C=C)/C(=C/C)C(=C\C)/C1(C)c2ccccc2-c2ccccc21.CC.CC. The molecule has 0 aliphatic heterocycles. The third kappa shape index (κ3) is 4.33. The van der Waals surface area contributed by atoms with Gasteiger partial charge in [-0.3, -0.25) is 0 Å². The molecule has 30 heavy (non-hydrogen) atoms. The van der Waals surface area contributed by atoms with Gasteiger partial charge in [-0.1, -0.05) is 120 Å². The molecule has 0 heterocycles. The number of fused-ring (bicyclic) bond motifs is 3. The number of benzene rings is 2. The molecule has 0 saturated carbocycles. The fourth-order valence-electron chi connectivity index (χ4n) is 4.33. The highest BCUT2D eigenvalue weighted by Crippen LogP contribution is 2.54. The highest BCUT2D eigenvalue weighted by atomic mass is 14.4. The van der Waals surface area contributed by atoms with E-state index in [2.05, 4.69) is 94.6 Å². The van der Waals surface area contributed by atoms with Gasteiger partial charge in [0.25, 0.3) is 0 Å². The Morgan fingerprint density at radius 3 is 1.60 bits per heavy atom. The molecular formula is C30H38. The van der Waals surface area contributed by atoms with Gasteiger partial charge in [0.2, 0.25) is 0 Å². The second-order valence-electron chi connectivity index (χ2n) is 6.68. The van der Waals surface area contributed by atoms with E-state index in [0.717, 1.165) is 5.57 Å². The Morgan fingerprint density at radius 2 is 1.23 bits per heavy atom. The molecule has 3 rings (SSSR count). The van der Waals surface area contributed by atoms with Crippen LogP contribution in [0.4, 0.5) is 0 Å². The zero-order valence-electron chi connectivity index (χ0n) is 19.9. The summed E-state index contributed by atoms with van der Waals surface area (Å²) in [5.41, 5.74) is 8.76. The van der Waals surface area contributed by atoms with Gasteiger partial charge in [0, 0.05) is 5.41 Å². The van der Waals surface area contributed by atoms with E-state index < -0.39 is 0 Å². The first-order chi connectivity index (χ1) is 14.6. The molecule has 0 unspecified atom stereocenters. The van der Waals surface area contributed by atoms with E-state index in [1.54, 1.807) is 0 Å². The van der Waals surface area contributed by atoms with Crippen LogP contribution in [0.25, 0.3) is 11.1 Å². The summed E-state index contributed by atoms with van der Waals surface area (Å²) < 4.78 is 0. The van der Waals surface area contributed by atoms with Gasteiger partial charge < -0.3 is 0 Å². The van der Waals surface area contributed by atoms with E-state index in [9.17, 15) is 0 Å². The molecule has 0 radical (unpaired) electrons. The van der Waals surface area contributed by atoms with Crippen LogP contribution in [0.2, 0.25) is 0 Å². The van der Waals surface area contributed by atoms with E-state index in [1.165, 1.54) is 33.4 Å². The quantitative estimate of drug-likeness (QED) is 0.440. The highest BCUT2D eigenvalue weighted by Gasteiger charge is 2.42. The average molecular weight is 399 g/mol. The Balaban J connectivity index is 0.00000106. The largest absolute Gasteiger partial charge is 0.0990 e. The van der Waals surface area contributed by atoms with Crippen molar-refractivity contribution in [2.45, 2.75) is 53.9 Å². The predicted molar refractivity (Wildman–Crippen MR) is 137 cm³/mol. The molecule has 1 aliphatic carbocycles. The number of allylic oxidation sites excluding steroid dienone is 8. The maximum absolute atomic E-state index is 4.02. The lowest BCUT2D eigenvalue weighted by Gasteiger charge is -2.33. The van der Waals surface area contributed by atoms with E-state index >= 15 is 0 Å². The van der Waals surface area contributed by atoms with Crippen LogP contribution < -0.4 is 0 Å². The first-order valence-electron chi connectivity index (χ1n) is 11.1. The maximum atomic E-state index is 4.02. The molecule has 0 saturated heterocycles. The number of hydrogen-bond donors (Lipinski definition) is 0. The fourth-order valence-corrected chi connectivity index (χ4v) is 4.33. The predicted octanol–water partition coefficient (Wildman–Crippen LogP) is 9.22. The highest BCUT2D eigenvalue weighted by molar-refractivity contribution is 5.84. The van der Waals surface area contributed by atoms with Crippen LogP contribution >= 0.6 is 0 Å². The molecule has 0 fully saturated rings. The lowest BCUT2D eigenvalue weighted by atomic mass is 9.69. The molecule has 158 valence electrons. The standard InChI is InChI=1S/C26H26.2C2H6/c1-6-14-19(7-2)20(8-3)23(9-4)26(5)24-17-12-10-15-21(24)22-16-11-13-18-25(22)26;2*1-2/h6-18H,1-2H2,3-5H3;2*1-2H3/b19-14+,20-8-,23-9+;;. The van der Waals surface area contributed by atoms with Gasteiger partial charge >= 0.3 is 0 Å². The van der Waals surface area contributed by atoms with Crippen LogP contribution in [0.3, 0.4) is 0 Å². The Hall–Kier alpha value is -2.86. The molecule has 0 heteroatoms. The first-order valence-corrected chi connectivity index (χ1v) is 11.1. The normalized spacial score (nSPS) is 14.3. The summed E-state index contributed by atoms with van der Waals surface area (Å²) in [5, 5.41) is 0. The molecule has 2 aromatic carbocycles. The van der Waals surface area contributed by atoms with Crippen molar-refractivity contribution in [2.24, 2.45) is 0 Å². The van der Waals surface area contributed by atoms with Gasteiger partial charge in [0.1, 0.15) is 0 Å². The smallest absolute Gasteiger partial charge is 0.0438 e. The third-order valence-electron chi connectivity index (χ3n) is 5.46. The van der Waals surface area contributed by atoms with Gasteiger partial charge in [0.05, 0.1) is 0 Å². The van der Waals surface area contributed by atoms with Crippen molar-refractivity contribution in [3.63, 3.8) is 0 Å². The molecule has 2 aromatic rings. The second kappa shape index (κ2) is 12.0. The summed E-state index contributed by atoms with van der Waals surface area (Å²) in [6.07, 6.45) is 10.2. The van der Waals surface area contributed by atoms with Gasteiger partial charge in [-0.15, -0.1) is 0 Å². The van der Waals surface area contributed by atoms with Crippen molar-refractivity contribution in [1.82, 2.24) is 0 Å². The van der Waals surface area contributed by atoms with Crippen LogP contribution in [0.15, 0.2) is 109 Å². The minimum atomic E-state index is -0.201. The van der Waals surface area contributed by atoms with Crippen molar-refractivity contribution >= 4 is 0 Å². The molecule has 0 spiro atoms. The zero-order chi connectivity index (χ0) is 22.7. The monoisotopic (exact) mass is 398 g/mol. The topological polar surface area (TPSA) is 0 Å². The third-order valence-corrected chi connectivity index (χ3v) is 5.46. The summed E-state index contributed by atoms with van der Waals surface area (Å²) in [5.74, 6) is 0. The Morgan fingerprint density at radius 1 is 0.767 bits per heavy atom. The lowest BCUT2D eigenvalue weighted by Crippen LogP contribution is -2.25. The zero-order valence-corrected chi connectivity index (χ0v) is 19.9. The Labute approximate surface area is 185 Å². The average Bonchev–Trinajstić information content (AvgIpc) is 3.08. The minimum absolute atomic E-state index is 0.201. The summed E-state index contributed by atoms with van der Waals surface area (Å²) in [6.45, 7) is 22.4. The summed E-state index contributed by atoms with van der Waals surface area (Å²) >= 11 is 0. The maximum Gasteiger partial charge on any atom is 0.0438 e. The first kappa shape index (κ1) is 25.2. The lowest BCUT2D eigenvalue weighted by molar-refractivity contribution is 0.702. The number of hydrogen-bond acceptors (Lipinski definition) is 0. The van der Waals surface area contributed by atoms with Crippen molar-refractivity contribution < 1.29 is 0 Å². The molecular weight excluding hydrogens is 360 g/mol. The van der Waals surface area contributed by atoms with Crippen molar-refractivity contribution in [3.05, 3.63) is 120 Å².